The molecule has 0 fully saturated rings. The molecule has 2 rings (SSSR count). The molecule has 1 amide bonds. The van der Waals surface area contributed by atoms with Gasteiger partial charge in [0.15, 0.2) is 0 Å². The van der Waals surface area contributed by atoms with Gasteiger partial charge in [-0.25, -0.2) is 0 Å². The van der Waals surface area contributed by atoms with Crippen molar-refractivity contribution in [3.05, 3.63) is 59.3 Å². The molecule has 2 aromatic carbocycles. The van der Waals surface area contributed by atoms with Crippen LogP contribution in [0.2, 0.25) is 0 Å². The van der Waals surface area contributed by atoms with E-state index in [9.17, 15) is 18.4 Å². The predicted octanol–water partition coefficient (Wildman–Crippen LogP) is 1.88. The van der Waals surface area contributed by atoms with Crippen molar-refractivity contribution in [3.8, 4) is 0 Å². The Kier molecular flexibility index (Phi) is 4.43. The van der Waals surface area contributed by atoms with E-state index >= 15 is 0 Å². The number of carbonyl (C=O) groups excluding carboxylic acids is 1. The number of nitrogens with zero attached hydrogens (tertiary/aromatic N) is 1. The minimum atomic E-state index is -4.64. The Bertz CT molecular complexity index is 789. The van der Waals surface area contributed by atoms with Crippen LogP contribution in [-0.2, 0) is 10.1 Å². The third kappa shape index (κ3) is 3.80. The molecule has 8 nitrogen and oxygen atoms in total. The number of rotatable bonds is 4. The molecule has 0 unspecified atom stereocenters. The summed E-state index contributed by atoms with van der Waals surface area (Å²) in [4.78, 5) is 11.4. The lowest BCUT2D eigenvalue weighted by molar-refractivity contribution is 0.102. The number of hydrogen-bond donors (Lipinski definition) is 3. The summed E-state index contributed by atoms with van der Waals surface area (Å²) in [7, 11) is -4.64. The lowest BCUT2D eigenvalue weighted by Crippen LogP contribution is -2.15. The topological polar surface area (TPSA) is 130 Å². The molecule has 0 aliphatic heterocycles. The molecule has 0 aliphatic carbocycles. The van der Waals surface area contributed by atoms with Crippen LogP contribution in [0.25, 0.3) is 0 Å². The molecule has 2 aromatic rings. The normalized spacial score (nSPS) is 11.0. The number of hydrogen-bond acceptors (Lipinski definition) is 6. The highest BCUT2D eigenvalue weighted by Gasteiger charge is 2.16. The van der Waals surface area contributed by atoms with Crippen molar-refractivity contribution in [2.24, 2.45) is 0 Å². The van der Waals surface area contributed by atoms with Crippen molar-refractivity contribution in [1.29, 1.82) is 0 Å². The molecule has 0 atom stereocenters. The molecule has 9 heteroatoms. The lowest BCUT2D eigenvalue weighted by atomic mass is 10.2. The Labute approximate surface area is 125 Å². The first-order valence-electron chi connectivity index (χ1n) is 5.92. The van der Waals surface area contributed by atoms with E-state index in [2.05, 4.69) is 5.32 Å². The van der Waals surface area contributed by atoms with Gasteiger partial charge >= 0.3 is 0 Å². The quantitative estimate of drug-likeness (QED) is 0.578. The van der Waals surface area contributed by atoms with Crippen LogP contribution >= 0.6 is 0 Å². The highest BCUT2D eigenvalue weighted by molar-refractivity contribution is 7.85. The second-order valence-corrected chi connectivity index (χ2v) is 5.71. The van der Waals surface area contributed by atoms with Gasteiger partial charge in [0, 0.05) is 11.3 Å². The van der Waals surface area contributed by atoms with Gasteiger partial charge in [-0.15, -0.1) is 0 Å². The van der Waals surface area contributed by atoms with Crippen LogP contribution in [0.5, 0.6) is 0 Å². The number of carbonyl (C=O) groups is 1. The van der Waals surface area contributed by atoms with Crippen molar-refractivity contribution < 1.29 is 23.0 Å². The van der Waals surface area contributed by atoms with E-state index in [1.165, 1.54) is 0 Å². The lowest BCUT2D eigenvalue weighted by Gasteiger charge is -2.22. The summed E-state index contributed by atoms with van der Waals surface area (Å²) in [6.07, 6.45) is 0. The Hall–Kier alpha value is -2.46. The van der Waals surface area contributed by atoms with E-state index in [0.29, 0.717) is 5.69 Å². The monoisotopic (exact) mass is 323 g/mol. The zero-order valence-corrected chi connectivity index (χ0v) is 11.8. The van der Waals surface area contributed by atoms with Gasteiger partial charge in [-0.1, -0.05) is 18.2 Å². The highest BCUT2D eigenvalue weighted by atomic mass is 32.2. The van der Waals surface area contributed by atoms with Crippen molar-refractivity contribution in [1.82, 2.24) is 0 Å². The molecule has 3 N–H and O–H groups in total. The SMILES string of the molecule is O=C(Nc1ccccc1)c1cc(N([O-])O)cc(S(=O)(=O)O)c1. The smallest absolute Gasteiger partial charge is 0.294 e. The molecular formula is C13H11N2O6S-. The average molecular weight is 323 g/mol. The maximum Gasteiger partial charge on any atom is 0.294 e. The number of benzene rings is 2. The number of anilines is 2. The van der Waals surface area contributed by atoms with Crippen LogP contribution in [0, 0.1) is 5.21 Å². The fourth-order valence-corrected chi connectivity index (χ4v) is 2.24. The first-order chi connectivity index (χ1) is 10.3. The number of para-hydroxylation sites is 1. The summed E-state index contributed by atoms with van der Waals surface area (Å²) in [5.74, 6) is -0.709. The molecule has 116 valence electrons. The standard InChI is InChI=1S/C13H11N2O6S/c16-13(14-10-4-2-1-3-5-10)9-6-11(15(17)18)8-12(7-9)22(19,20)21/h1-8,17H,(H,14,16)(H,19,20,21)/q-1. The van der Waals surface area contributed by atoms with Crippen LogP contribution in [0.1, 0.15) is 10.4 Å². The summed E-state index contributed by atoms with van der Waals surface area (Å²) >= 11 is 0. The van der Waals surface area contributed by atoms with Gasteiger partial charge in [0.1, 0.15) is 0 Å². The minimum absolute atomic E-state index is 0.219. The third-order valence-electron chi connectivity index (χ3n) is 2.70. The van der Waals surface area contributed by atoms with Crippen LogP contribution in [0.4, 0.5) is 11.4 Å². The summed E-state index contributed by atoms with van der Waals surface area (Å²) in [5, 5.41) is 21.7. The van der Waals surface area contributed by atoms with Crippen molar-refractivity contribution in [3.63, 3.8) is 0 Å². The Morgan fingerprint density at radius 3 is 2.32 bits per heavy atom. The minimum Gasteiger partial charge on any atom is -0.733 e. The molecule has 0 aliphatic rings. The predicted molar refractivity (Wildman–Crippen MR) is 78.3 cm³/mol. The summed E-state index contributed by atoms with van der Waals surface area (Å²) in [6.45, 7) is 0. The molecule has 0 spiro atoms. The summed E-state index contributed by atoms with van der Waals surface area (Å²) in [5.41, 5.74) is -0.272. The average Bonchev–Trinajstić information content (AvgIpc) is 2.46. The fourth-order valence-electron chi connectivity index (χ4n) is 1.70. The van der Waals surface area contributed by atoms with E-state index in [-0.39, 0.29) is 5.56 Å². The summed E-state index contributed by atoms with van der Waals surface area (Å²) in [6, 6.07) is 10.9. The van der Waals surface area contributed by atoms with Crippen molar-refractivity contribution in [2.45, 2.75) is 4.90 Å². The maximum absolute atomic E-state index is 12.1. The third-order valence-corrected chi connectivity index (χ3v) is 3.54. The van der Waals surface area contributed by atoms with Gasteiger partial charge in [-0.2, -0.15) is 8.42 Å². The zero-order valence-electron chi connectivity index (χ0n) is 11.0. The Morgan fingerprint density at radius 1 is 1.14 bits per heavy atom. The van der Waals surface area contributed by atoms with Crippen molar-refractivity contribution >= 4 is 27.4 Å². The number of nitrogens with one attached hydrogen (secondary N) is 1. The highest BCUT2D eigenvalue weighted by Crippen LogP contribution is 2.22. The molecule has 0 saturated carbocycles. The number of amides is 1. The van der Waals surface area contributed by atoms with E-state index in [1.807, 2.05) is 0 Å². The second kappa shape index (κ2) is 6.12. The van der Waals surface area contributed by atoms with E-state index < -0.39 is 31.8 Å². The van der Waals surface area contributed by atoms with Gasteiger partial charge in [-0.3, -0.25) is 14.6 Å². The van der Waals surface area contributed by atoms with Crippen LogP contribution < -0.4 is 10.5 Å². The van der Waals surface area contributed by atoms with Gasteiger partial charge in [0.2, 0.25) is 0 Å². The second-order valence-electron chi connectivity index (χ2n) is 4.28. The molecular weight excluding hydrogens is 312 g/mol. The van der Waals surface area contributed by atoms with E-state index in [4.69, 9.17) is 9.76 Å². The van der Waals surface area contributed by atoms with Gasteiger partial charge in [0.25, 0.3) is 16.0 Å². The molecule has 0 radical (unpaired) electrons. The molecule has 0 aromatic heterocycles. The van der Waals surface area contributed by atoms with E-state index in [1.54, 1.807) is 30.3 Å². The Morgan fingerprint density at radius 2 is 1.77 bits per heavy atom. The first kappa shape index (κ1) is 15.9. The zero-order chi connectivity index (χ0) is 16.3. The van der Waals surface area contributed by atoms with Crippen LogP contribution in [-0.4, -0.2) is 24.1 Å². The molecule has 0 bridgehead atoms. The van der Waals surface area contributed by atoms with Gasteiger partial charge in [0.05, 0.1) is 10.6 Å². The Balaban J connectivity index is 2.41. The van der Waals surface area contributed by atoms with Gasteiger partial charge in [-0.05, 0) is 30.3 Å². The van der Waals surface area contributed by atoms with Gasteiger partial charge < -0.3 is 15.8 Å². The molecule has 22 heavy (non-hydrogen) atoms. The van der Waals surface area contributed by atoms with Crippen LogP contribution in [0.3, 0.4) is 0 Å². The first-order valence-corrected chi connectivity index (χ1v) is 7.36. The summed E-state index contributed by atoms with van der Waals surface area (Å²) < 4.78 is 31.4. The van der Waals surface area contributed by atoms with Crippen LogP contribution in [0.15, 0.2) is 53.4 Å². The van der Waals surface area contributed by atoms with Crippen molar-refractivity contribution in [2.75, 3.05) is 10.5 Å². The molecule has 0 heterocycles. The largest absolute Gasteiger partial charge is 0.733 e. The van der Waals surface area contributed by atoms with E-state index in [0.717, 1.165) is 18.2 Å². The fraction of sp³-hybridized carbons (Fsp3) is 0. The molecule has 0 saturated heterocycles. The maximum atomic E-state index is 12.1.